The number of rotatable bonds is 8. The smallest absolute Gasteiger partial charge is 0.264 e. The predicted molar refractivity (Wildman–Crippen MR) is 90.8 cm³/mol. The number of unbranched alkanes of at least 4 members (excludes halogenated alkanes) is 2. The van der Waals surface area contributed by atoms with E-state index in [0.717, 1.165) is 30.9 Å². The second-order valence-corrected chi connectivity index (χ2v) is 7.42. The van der Waals surface area contributed by atoms with Gasteiger partial charge in [-0.3, -0.25) is 9.59 Å². The van der Waals surface area contributed by atoms with E-state index in [0.29, 0.717) is 18.0 Å². The quantitative estimate of drug-likeness (QED) is 0.742. The summed E-state index contributed by atoms with van der Waals surface area (Å²) in [5.41, 5.74) is 0. The minimum atomic E-state index is 0.0373. The first kappa shape index (κ1) is 16.5. The average molecular weight is 336 g/mol. The molecule has 1 aromatic rings. The van der Waals surface area contributed by atoms with Crippen molar-refractivity contribution in [2.24, 2.45) is 5.92 Å². The Balaban J connectivity index is 1.41. The van der Waals surface area contributed by atoms with Gasteiger partial charge in [-0.05, 0) is 31.4 Å². The lowest BCUT2D eigenvalue weighted by atomic mass is 10.1. The molecule has 0 aromatic carbocycles. The largest absolute Gasteiger partial charge is 0.375 e. The Kier molecular flexibility index (Phi) is 5.33. The molecule has 2 aliphatic rings. The SMILES string of the molecule is CCCCCOC1CN(C(=O)c2ccc(NC(=O)C3CC3)s2)C1. The third kappa shape index (κ3) is 4.32. The summed E-state index contributed by atoms with van der Waals surface area (Å²) in [6, 6.07) is 3.61. The summed E-state index contributed by atoms with van der Waals surface area (Å²) < 4.78 is 5.74. The number of hydrogen-bond acceptors (Lipinski definition) is 4. The van der Waals surface area contributed by atoms with Gasteiger partial charge in [-0.25, -0.2) is 0 Å². The van der Waals surface area contributed by atoms with Crippen LogP contribution in [0.2, 0.25) is 0 Å². The van der Waals surface area contributed by atoms with E-state index < -0.39 is 0 Å². The van der Waals surface area contributed by atoms with Crippen molar-refractivity contribution in [2.75, 3.05) is 25.0 Å². The molecule has 23 heavy (non-hydrogen) atoms. The lowest BCUT2D eigenvalue weighted by molar-refractivity contribution is -0.117. The van der Waals surface area contributed by atoms with Crippen LogP contribution in [0.5, 0.6) is 0 Å². The highest BCUT2D eigenvalue weighted by molar-refractivity contribution is 7.18. The van der Waals surface area contributed by atoms with E-state index in [2.05, 4.69) is 12.2 Å². The normalized spacial score (nSPS) is 17.9. The predicted octanol–water partition coefficient (Wildman–Crippen LogP) is 3.13. The summed E-state index contributed by atoms with van der Waals surface area (Å²) in [4.78, 5) is 26.6. The second kappa shape index (κ2) is 7.45. The molecule has 126 valence electrons. The molecule has 1 saturated heterocycles. The molecule has 2 fully saturated rings. The summed E-state index contributed by atoms with van der Waals surface area (Å²) in [5, 5.41) is 3.65. The van der Waals surface area contributed by atoms with Crippen molar-refractivity contribution in [1.29, 1.82) is 0 Å². The third-order valence-electron chi connectivity index (χ3n) is 4.25. The molecular formula is C17H24N2O3S. The van der Waals surface area contributed by atoms with Crippen molar-refractivity contribution in [2.45, 2.75) is 45.1 Å². The molecule has 1 aromatic heterocycles. The molecule has 3 rings (SSSR count). The fourth-order valence-electron chi connectivity index (χ4n) is 2.56. The fraction of sp³-hybridized carbons (Fsp3) is 0.647. The number of ether oxygens (including phenoxy) is 1. The van der Waals surface area contributed by atoms with Crippen LogP contribution >= 0.6 is 11.3 Å². The van der Waals surface area contributed by atoms with Gasteiger partial charge in [0.1, 0.15) is 0 Å². The Hall–Kier alpha value is -1.40. The maximum atomic E-state index is 12.4. The van der Waals surface area contributed by atoms with Crippen LogP contribution in [0.3, 0.4) is 0 Å². The number of thiophene rings is 1. The van der Waals surface area contributed by atoms with E-state index in [4.69, 9.17) is 4.74 Å². The van der Waals surface area contributed by atoms with Crippen molar-refractivity contribution in [3.63, 3.8) is 0 Å². The molecule has 5 nitrogen and oxygen atoms in total. The number of carbonyl (C=O) groups excluding carboxylic acids is 2. The summed E-state index contributed by atoms with van der Waals surface area (Å²) in [6.45, 7) is 4.31. The molecule has 6 heteroatoms. The van der Waals surface area contributed by atoms with Gasteiger partial charge in [0.2, 0.25) is 5.91 Å². The van der Waals surface area contributed by atoms with Crippen LogP contribution < -0.4 is 5.32 Å². The average Bonchev–Trinajstić information content (AvgIpc) is 3.25. The molecule has 0 radical (unpaired) electrons. The van der Waals surface area contributed by atoms with E-state index in [9.17, 15) is 9.59 Å². The van der Waals surface area contributed by atoms with Crippen LogP contribution in [0.1, 0.15) is 48.7 Å². The van der Waals surface area contributed by atoms with E-state index in [1.165, 1.54) is 24.2 Å². The minimum Gasteiger partial charge on any atom is -0.375 e. The van der Waals surface area contributed by atoms with E-state index in [1.807, 2.05) is 11.0 Å². The van der Waals surface area contributed by atoms with Crippen LogP contribution in [0.4, 0.5) is 5.00 Å². The van der Waals surface area contributed by atoms with Gasteiger partial charge in [-0.1, -0.05) is 19.8 Å². The number of anilines is 1. The van der Waals surface area contributed by atoms with Crippen LogP contribution in [0.25, 0.3) is 0 Å². The van der Waals surface area contributed by atoms with E-state index >= 15 is 0 Å². The first-order valence-corrected chi connectivity index (χ1v) is 9.30. The zero-order valence-electron chi connectivity index (χ0n) is 13.5. The molecule has 1 aliphatic carbocycles. The van der Waals surface area contributed by atoms with Gasteiger partial charge in [-0.2, -0.15) is 0 Å². The van der Waals surface area contributed by atoms with Crippen molar-refractivity contribution in [3.8, 4) is 0 Å². The molecule has 2 heterocycles. The highest BCUT2D eigenvalue weighted by Crippen LogP contribution is 2.32. The maximum Gasteiger partial charge on any atom is 0.264 e. The molecule has 0 bridgehead atoms. The molecule has 0 spiro atoms. The fourth-order valence-corrected chi connectivity index (χ4v) is 3.43. The van der Waals surface area contributed by atoms with Gasteiger partial charge in [0, 0.05) is 25.6 Å². The van der Waals surface area contributed by atoms with Crippen molar-refractivity contribution < 1.29 is 14.3 Å². The van der Waals surface area contributed by atoms with Crippen molar-refractivity contribution in [1.82, 2.24) is 4.90 Å². The van der Waals surface area contributed by atoms with E-state index in [-0.39, 0.29) is 23.8 Å². The summed E-state index contributed by atoms with van der Waals surface area (Å²) >= 11 is 1.35. The highest BCUT2D eigenvalue weighted by Gasteiger charge is 2.33. The third-order valence-corrected chi connectivity index (χ3v) is 5.24. The van der Waals surface area contributed by atoms with Crippen LogP contribution in [0.15, 0.2) is 12.1 Å². The topological polar surface area (TPSA) is 58.6 Å². The van der Waals surface area contributed by atoms with Gasteiger partial charge in [0.25, 0.3) is 5.91 Å². The Morgan fingerprint density at radius 1 is 1.30 bits per heavy atom. The van der Waals surface area contributed by atoms with Crippen molar-refractivity contribution >= 4 is 28.2 Å². The molecule has 1 N–H and O–H groups in total. The number of carbonyl (C=O) groups is 2. The highest BCUT2D eigenvalue weighted by atomic mass is 32.1. The van der Waals surface area contributed by atoms with Crippen LogP contribution in [0, 0.1) is 5.92 Å². The van der Waals surface area contributed by atoms with E-state index in [1.54, 1.807) is 6.07 Å². The Morgan fingerprint density at radius 3 is 2.78 bits per heavy atom. The molecule has 1 aliphatic heterocycles. The zero-order chi connectivity index (χ0) is 16.2. The standard InChI is InChI=1S/C17H24N2O3S/c1-2-3-4-9-22-13-10-19(11-13)17(21)14-7-8-15(23-14)18-16(20)12-5-6-12/h7-8,12-13H,2-6,9-11H2,1H3,(H,18,20). The molecule has 1 saturated carbocycles. The van der Waals surface area contributed by atoms with Gasteiger partial charge >= 0.3 is 0 Å². The van der Waals surface area contributed by atoms with Crippen LogP contribution in [-0.2, 0) is 9.53 Å². The summed E-state index contributed by atoms with van der Waals surface area (Å²) in [5.74, 6) is 0.294. The maximum absolute atomic E-state index is 12.4. The molecule has 0 unspecified atom stereocenters. The Morgan fingerprint density at radius 2 is 2.09 bits per heavy atom. The first-order chi connectivity index (χ1) is 11.2. The Bertz CT molecular complexity index is 562. The van der Waals surface area contributed by atoms with Gasteiger partial charge in [0.05, 0.1) is 16.0 Å². The number of nitrogens with one attached hydrogen (secondary N) is 1. The van der Waals surface area contributed by atoms with Gasteiger partial charge in [-0.15, -0.1) is 11.3 Å². The lowest BCUT2D eigenvalue weighted by Gasteiger charge is -2.38. The second-order valence-electron chi connectivity index (χ2n) is 6.34. The molecule has 2 amide bonds. The molecular weight excluding hydrogens is 312 g/mol. The van der Waals surface area contributed by atoms with Crippen LogP contribution in [-0.4, -0.2) is 42.5 Å². The zero-order valence-corrected chi connectivity index (χ0v) is 14.4. The van der Waals surface area contributed by atoms with Gasteiger partial charge in [0.15, 0.2) is 0 Å². The number of hydrogen-bond donors (Lipinski definition) is 1. The monoisotopic (exact) mass is 336 g/mol. The molecule has 0 atom stereocenters. The number of nitrogens with zero attached hydrogens (tertiary/aromatic N) is 1. The van der Waals surface area contributed by atoms with Gasteiger partial charge < -0.3 is 15.0 Å². The lowest BCUT2D eigenvalue weighted by Crippen LogP contribution is -2.54. The summed E-state index contributed by atoms with van der Waals surface area (Å²) in [7, 11) is 0. The van der Waals surface area contributed by atoms with Crippen molar-refractivity contribution in [3.05, 3.63) is 17.0 Å². The minimum absolute atomic E-state index is 0.0373. The first-order valence-electron chi connectivity index (χ1n) is 8.49. The summed E-state index contributed by atoms with van der Waals surface area (Å²) in [6.07, 6.45) is 5.63. The number of amides is 2. The number of likely N-dealkylation sites (tertiary alicyclic amines) is 1. The Labute approximate surface area is 141 Å².